The summed E-state index contributed by atoms with van der Waals surface area (Å²) in [6, 6.07) is 11.5. The van der Waals surface area contributed by atoms with E-state index in [0.29, 0.717) is 12.2 Å². The fourth-order valence-corrected chi connectivity index (χ4v) is 3.82. The second-order valence-electron chi connectivity index (χ2n) is 8.46. The summed E-state index contributed by atoms with van der Waals surface area (Å²) in [5, 5.41) is 9.57. The maximum absolute atomic E-state index is 13.2. The number of esters is 1. The number of carbonyl (C=O) groups excluding carboxylic acids is 1. The molecule has 34 heavy (non-hydrogen) atoms. The third kappa shape index (κ3) is 10.6. The Morgan fingerprint density at radius 2 is 1.44 bits per heavy atom. The Kier molecular flexibility index (Phi) is 13.2. The van der Waals surface area contributed by atoms with Crippen molar-refractivity contribution in [1.82, 2.24) is 0 Å². The molecule has 188 valence electrons. The van der Waals surface area contributed by atoms with Gasteiger partial charge in [0, 0.05) is 6.42 Å². The third-order valence-corrected chi connectivity index (χ3v) is 5.77. The van der Waals surface area contributed by atoms with Crippen LogP contribution in [-0.2, 0) is 20.8 Å². The van der Waals surface area contributed by atoms with Crippen molar-refractivity contribution in [2.75, 3.05) is 13.2 Å². The molecule has 1 N–H and O–H groups in total. The van der Waals surface area contributed by atoms with Crippen molar-refractivity contribution in [2.24, 2.45) is 5.92 Å². The summed E-state index contributed by atoms with van der Waals surface area (Å²) in [5.74, 6) is -1.38. The fraction of sp³-hybridized carbons (Fsp3) is 0.519. The lowest BCUT2D eigenvalue weighted by Gasteiger charge is -2.23. The monoisotopic (exact) mass is 478 g/mol. The van der Waals surface area contributed by atoms with E-state index >= 15 is 0 Å². The zero-order chi connectivity index (χ0) is 24.6. The first-order valence-corrected chi connectivity index (χ1v) is 12.1. The summed E-state index contributed by atoms with van der Waals surface area (Å²) in [6.45, 7) is 2.31. The van der Waals surface area contributed by atoms with Gasteiger partial charge in [0.05, 0.1) is 5.92 Å². The third-order valence-electron chi connectivity index (χ3n) is 5.77. The van der Waals surface area contributed by atoms with Crippen molar-refractivity contribution >= 4 is 5.97 Å². The van der Waals surface area contributed by atoms with Crippen molar-refractivity contribution in [3.05, 3.63) is 65.7 Å². The topological polar surface area (TPSA) is 65.0 Å². The Bertz CT molecular complexity index is 811. The molecule has 2 aromatic rings. The van der Waals surface area contributed by atoms with Gasteiger partial charge < -0.3 is 9.47 Å². The number of unbranched alkanes of at least 4 members (excludes halogenated alkanes) is 6. The van der Waals surface area contributed by atoms with Gasteiger partial charge in [-0.3, -0.25) is 10.1 Å². The molecule has 0 spiro atoms. The molecule has 2 aromatic carbocycles. The van der Waals surface area contributed by atoms with Crippen LogP contribution in [0.2, 0.25) is 0 Å². The van der Waals surface area contributed by atoms with E-state index in [4.69, 9.17) is 14.4 Å². The first-order valence-electron chi connectivity index (χ1n) is 12.1. The van der Waals surface area contributed by atoms with Crippen LogP contribution in [0.4, 0.5) is 8.78 Å². The minimum atomic E-state index is -0.809. The van der Waals surface area contributed by atoms with Crippen LogP contribution >= 0.6 is 0 Å². The van der Waals surface area contributed by atoms with Crippen LogP contribution in [0.1, 0.15) is 63.9 Å². The Hall–Kier alpha value is -2.51. The molecule has 2 unspecified atom stereocenters. The van der Waals surface area contributed by atoms with Crippen LogP contribution in [0, 0.1) is 17.6 Å². The van der Waals surface area contributed by atoms with E-state index in [1.54, 1.807) is 12.1 Å². The summed E-state index contributed by atoms with van der Waals surface area (Å²) in [4.78, 5) is 17.6. The molecule has 2 atom stereocenters. The first kappa shape index (κ1) is 27.7. The SMILES string of the molecule is CCCCCCCCCC(C(=O)OCCOc1ccc(F)cc1)C(Cc1ccc(F)cc1)OO. The molecule has 0 aliphatic heterocycles. The van der Waals surface area contributed by atoms with Crippen molar-refractivity contribution in [3.8, 4) is 5.75 Å². The smallest absolute Gasteiger partial charge is 0.311 e. The summed E-state index contributed by atoms with van der Waals surface area (Å²) >= 11 is 0. The quantitative estimate of drug-likeness (QED) is 0.118. The highest BCUT2D eigenvalue weighted by molar-refractivity contribution is 5.73. The molecular weight excluding hydrogens is 442 g/mol. The number of hydrogen-bond donors (Lipinski definition) is 1. The average molecular weight is 479 g/mol. The summed E-state index contributed by atoms with van der Waals surface area (Å²) in [6.07, 6.45) is 7.63. The number of hydrogen-bond acceptors (Lipinski definition) is 5. The van der Waals surface area contributed by atoms with Gasteiger partial charge in [-0.25, -0.2) is 13.7 Å². The molecular formula is C27H36F2O5. The molecule has 0 saturated carbocycles. The van der Waals surface area contributed by atoms with Gasteiger partial charge in [-0.1, -0.05) is 64.0 Å². The Morgan fingerprint density at radius 3 is 2.06 bits per heavy atom. The van der Waals surface area contributed by atoms with E-state index in [0.717, 1.165) is 24.8 Å². The molecule has 0 amide bonds. The summed E-state index contributed by atoms with van der Waals surface area (Å²) in [7, 11) is 0. The van der Waals surface area contributed by atoms with E-state index in [9.17, 15) is 18.8 Å². The Morgan fingerprint density at radius 1 is 0.853 bits per heavy atom. The largest absolute Gasteiger partial charge is 0.490 e. The van der Waals surface area contributed by atoms with Crippen LogP contribution < -0.4 is 4.74 Å². The number of ether oxygens (including phenoxy) is 2. The second kappa shape index (κ2) is 16.2. The summed E-state index contributed by atoms with van der Waals surface area (Å²) in [5.41, 5.74) is 0.748. The fourth-order valence-electron chi connectivity index (χ4n) is 3.82. The predicted molar refractivity (Wildman–Crippen MR) is 127 cm³/mol. The molecule has 5 nitrogen and oxygen atoms in total. The molecule has 0 fully saturated rings. The molecule has 0 aliphatic rings. The van der Waals surface area contributed by atoms with E-state index in [-0.39, 0.29) is 31.3 Å². The second-order valence-corrected chi connectivity index (χ2v) is 8.46. The predicted octanol–water partition coefficient (Wildman–Crippen LogP) is 6.74. The number of benzene rings is 2. The maximum atomic E-state index is 13.2. The zero-order valence-electron chi connectivity index (χ0n) is 19.9. The van der Waals surface area contributed by atoms with E-state index < -0.39 is 18.0 Å². The zero-order valence-corrected chi connectivity index (χ0v) is 19.9. The van der Waals surface area contributed by atoms with E-state index in [1.807, 2.05) is 0 Å². The molecule has 0 heterocycles. The van der Waals surface area contributed by atoms with Gasteiger partial charge in [0.2, 0.25) is 0 Å². The maximum Gasteiger partial charge on any atom is 0.311 e. The Balaban J connectivity index is 1.89. The van der Waals surface area contributed by atoms with Gasteiger partial charge in [0.1, 0.15) is 36.7 Å². The molecule has 0 aliphatic carbocycles. The average Bonchev–Trinajstić information content (AvgIpc) is 2.84. The van der Waals surface area contributed by atoms with Crippen LogP contribution in [0.3, 0.4) is 0 Å². The normalized spacial score (nSPS) is 12.8. The highest BCUT2D eigenvalue weighted by atomic mass is 19.1. The highest BCUT2D eigenvalue weighted by Gasteiger charge is 2.31. The summed E-state index contributed by atoms with van der Waals surface area (Å²) < 4.78 is 37.1. The first-order chi connectivity index (χ1) is 16.5. The van der Waals surface area contributed by atoms with Gasteiger partial charge in [-0.2, -0.15) is 0 Å². The van der Waals surface area contributed by atoms with Crippen LogP contribution in [0.15, 0.2) is 48.5 Å². The van der Waals surface area contributed by atoms with Gasteiger partial charge in [-0.05, 0) is 48.4 Å². The van der Waals surface area contributed by atoms with Crippen molar-refractivity contribution in [3.63, 3.8) is 0 Å². The molecule has 0 bridgehead atoms. The number of rotatable bonds is 17. The van der Waals surface area contributed by atoms with E-state index in [1.165, 1.54) is 62.1 Å². The standard InChI is InChI=1S/C27H36F2O5/c1-2-3-4-5-6-7-8-9-25(26(34-31)20-21-10-12-22(28)13-11-21)27(30)33-19-18-32-24-16-14-23(29)15-17-24/h10-17,25-26,31H,2-9,18-20H2,1H3. The number of carbonyl (C=O) groups is 1. The van der Waals surface area contributed by atoms with Crippen molar-refractivity contribution in [1.29, 1.82) is 0 Å². The molecule has 7 heteroatoms. The lowest BCUT2D eigenvalue weighted by atomic mass is 9.91. The Labute approximate surface area is 201 Å². The molecule has 2 rings (SSSR count). The molecule has 0 aromatic heterocycles. The van der Waals surface area contributed by atoms with Gasteiger partial charge in [0.25, 0.3) is 0 Å². The van der Waals surface area contributed by atoms with Gasteiger partial charge in [0.15, 0.2) is 0 Å². The number of halogens is 2. The van der Waals surface area contributed by atoms with E-state index in [2.05, 4.69) is 6.92 Å². The van der Waals surface area contributed by atoms with Gasteiger partial charge in [-0.15, -0.1) is 0 Å². The van der Waals surface area contributed by atoms with Crippen LogP contribution in [-0.4, -0.2) is 30.5 Å². The van der Waals surface area contributed by atoms with Gasteiger partial charge >= 0.3 is 5.97 Å². The lowest BCUT2D eigenvalue weighted by Crippen LogP contribution is -2.34. The molecule has 0 saturated heterocycles. The van der Waals surface area contributed by atoms with Crippen LogP contribution in [0.25, 0.3) is 0 Å². The molecule has 0 radical (unpaired) electrons. The minimum Gasteiger partial charge on any atom is -0.490 e. The van der Waals surface area contributed by atoms with Crippen molar-refractivity contribution in [2.45, 2.75) is 70.8 Å². The highest BCUT2D eigenvalue weighted by Crippen LogP contribution is 2.23. The van der Waals surface area contributed by atoms with Crippen molar-refractivity contribution < 1.29 is 33.2 Å². The lowest BCUT2D eigenvalue weighted by molar-refractivity contribution is -0.290. The van der Waals surface area contributed by atoms with Crippen LogP contribution in [0.5, 0.6) is 5.75 Å². The minimum absolute atomic E-state index is 0.0123.